The molecule has 1 aliphatic rings. The molecule has 1 N–H and O–H groups in total. The third-order valence-electron chi connectivity index (χ3n) is 5.36. The summed E-state index contributed by atoms with van der Waals surface area (Å²) in [5.74, 6) is 1.13. The number of carbonyl (C=O) groups is 1. The van der Waals surface area contributed by atoms with E-state index in [1.165, 1.54) is 31.4 Å². The molecular formula is C22H24FN3O. The molecule has 140 valence electrons. The maximum atomic E-state index is 13.0. The number of para-hydroxylation sites is 2. The van der Waals surface area contributed by atoms with E-state index in [1.807, 2.05) is 24.3 Å². The quantitative estimate of drug-likeness (QED) is 0.722. The maximum Gasteiger partial charge on any atom is 0.240 e. The van der Waals surface area contributed by atoms with E-state index in [0.29, 0.717) is 12.5 Å². The van der Waals surface area contributed by atoms with Crippen LogP contribution in [0.5, 0.6) is 0 Å². The van der Waals surface area contributed by atoms with Crippen molar-refractivity contribution in [2.45, 2.75) is 51.1 Å². The van der Waals surface area contributed by atoms with Gasteiger partial charge in [0.2, 0.25) is 5.91 Å². The number of imidazole rings is 1. The van der Waals surface area contributed by atoms with Gasteiger partial charge < -0.3 is 9.88 Å². The van der Waals surface area contributed by atoms with Gasteiger partial charge in [-0.15, -0.1) is 0 Å². The molecule has 4 rings (SSSR count). The lowest BCUT2D eigenvalue weighted by molar-refractivity contribution is -0.121. The monoisotopic (exact) mass is 365 g/mol. The first kappa shape index (κ1) is 17.7. The second-order valence-electron chi connectivity index (χ2n) is 7.28. The number of fused-ring (bicyclic) bond motifs is 1. The molecule has 3 aromatic rings. The molecule has 0 radical (unpaired) electrons. The fourth-order valence-corrected chi connectivity index (χ4v) is 3.94. The topological polar surface area (TPSA) is 46.9 Å². The first-order valence-electron chi connectivity index (χ1n) is 9.67. The molecule has 0 saturated heterocycles. The molecule has 1 aromatic heterocycles. The highest BCUT2D eigenvalue weighted by Gasteiger charge is 2.23. The number of amides is 1. The van der Waals surface area contributed by atoms with Crippen molar-refractivity contribution in [1.82, 2.24) is 14.9 Å². The van der Waals surface area contributed by atoms with Crippen molar-refractivity contribution in [2.75, 3.05) is 0 Å². The molecule has 0 atom stereocenters. The average molecular weight is 365 g/mol. The average Bonchev–Trinajstić information content (AvgIpc) is 3.07. The van der Waals surface area contributed by atoms with Crippen LogP contribution in [0.1, 0.15) is 49.4 Å². The van der Waals surface area contributed by atoms with E-state index >= 15 is 0 Å². The molecule has 0 unspecified atom stereocenters. The number of benzene rings is 2. The van der Waals surface area contributed by atoms with E-state index in [-0.39, 0.29) is 18.3 Å². The Kier molecular flexibility index (Phi) is 5.19. The Morgan fingerprint density at radius 3 is 2.59 bits per heavy atom. The molecular weight excluding hydrogens is 341 g/mol. The maximum absolute atomic E-state index is 13.0. The summed E-state index contributed by atoms with van der Waals surface area (Å²) in [6.07, 6.45) is 6.02. The van der Waals surface area contributed by atoms with Crippen molar-refractivity contribution in [3.8, 4) is 0 Å². The molecule has 1 saturated carbocycles. The van der Waals surface area contributed by atoms with Crippen LogP contribution in [0.15, 0.2) is 48.5 Å². The van der Waals surface area contributed by atoms with Gasteiger partial charge in [-0.05, 0) is 42.7 Å². The van der Waals surface area contributed by atoms with Crippen LogP contribution >= 0.6 is 0 Å². The number of nitrogens with one attached hydrogen (secondary N) is 1. The van der Waals surface area contributed by atoms with Crippen molar-refractivity contribution >= 4 is 16.9 Å². The van der Waals surface area contributed by atoms with Gasteiger partial charge in [0.15, 0.2) is 0 Å². The van der Waals surface area contributed by atoms with Crippen LogP contribution in [0.25, 0.3) is 11.0 Å². The predicted octanol–water partition coefficient (Wildman–Crippen LogP) is 4.54. The van der Waals surface area contributed by atoms with Crippen LogP contribution in [-0.2, 0) is 17.9 Å². The Balaban J connectivity index is 1.52. The van der Waals surface area contributed by atoms with Gasteiger partial charge in [-0.3, -0.25) is 4.79 Å². The first-order chi connectivity index (χ1) is 13.2. The molecule has 0 aliphatic heterocycles. The third-order valence-corrected chi connectivity index (χ3v) is 5.36. The van der Waals surface area contributed by atoms with E-state index in [1.54, 1.807) is 12.1 Å². The van der Waals surface area contributed by atoms with Crippen LogP contribution in [0, 0.1) is 5.82 Å². The number of hydrogen-bond donors (Lipinski definition) is 1. The van der Waals surface area contributed by atoms with Crippen LogP contribution in [-0.4, -0.2) is 15.5 Å². The molecule has 1 amide bonds. The normalized spacial score (nSPS) is 15.1. The lowest BCUT2D eigenvalue weighted by Crippen LogP contribution is -2.28. The van der Waals surface area contributed by atoms with Crippen LogP contribution in [0.3, 0.4) is 0 Å². The van der Waals surface area contributed by atoms with Gasteiger partial charge in [0.05, 0.1) is 11.0 Å². The second kappa shape index (κ2) is 7.91. The Labute approximate surface area is 158 Å². The van der Waals surface area contributed by atoms with E-state index in [0.717, 1.165) is 35.3 Å². The largest absolute Gasteiger partial charge is 0.350 e. The van der Waals surface area contributed by atoms with Gasteiger partial charge in [-0.1, -0.05) is 43.5 Å². The van der Waals surface area contributed by atoms with Crippen molar-refractivity contribution < 1.29 is 9.18 Å². The number of rotatable bonds is 5. The van der Waals surface area contributed by atoms with Gasteiger partial charge in [0, 0.05) is 12.5 Å². The Hall–Kier alpha value is -2.69. The number of nitrogens with zero attached hydrogens (tertiary/aromatic N) is 2. The summed E-state index contributed by atoms with van der Waals surface area (Å²) >= 11 is 0. The summed E-state index contributed by atoms with van der Waals surface area (Å²) < 4.78 is 15.1. The lowest BCUT2D eigenvalue weighted by Gasteiger charge is -2.22. The minimum Gasteiger partial charge on any atom is -0.350 e. The number of hydrogen-bond acceptors (Lipinski definition) is 2. The Bertz CT molecular complexity index is 926. The van der Waals surface area contributed by atoms with E-state index in [9.17, 15) is 9.18 Å². The smallest absolute Gasteiger partial charge is 0.240 e. The van der Waals surface area contributed by atoms with Crippen molar-refractivity contribution in [2.24, 2.45) is 0 Å². The molecule has 0 spiro atoms. The highest BCUT2D eigenvalue weighted by atomic mass is 19.1. The second-order valence-corrected chi connectivity index (χ2v) is 7.28. The highest BCUT2D eigenvalue weighted by Crippen LogP contribution is 2.33. The summed E-state index contributed by atoms with van der Waals surface area (Å²) in [4.78, 5) is 17.5. The molecule has 1 aliphatic carbocycles. The van der Waals surface area contributed by atoms with Crippen LogP contribution in [0.4, 0.5) is 4.39 Å². The molecule has 5 heteroatoms. The minimum atomic E-state index is -0.271. The standard InChI is InChI=1S/C22H24FN3O/c23-18-12-10-16(11-13-18)14-24-21(27)15-26-20-9-5-4-8-19(20)25-22(26)17-6-2-1-3-7-17/h4-5,8-13,17H,1-3,6-7,14-15H2,(H,24,27). The molecule has 2 aromatic carbocycles. The molecule has 1 heterocycles. The fraction of sp³-hybridized carbons (Fsp3) is 0.364. The zero-order chi connectivity index (χ0) is 18.6. The molecule has 1 fully saturated rings. The van der Waals surface area contributed by atoms with Gasteiger partial charge in [0.25, 0.3) is 0 Å². The predicted molar refractivity (Wildman–Crippen MR) is 104 cm³/mol. The first-order valence-corrected chi connectivity index (χ1v) is 9.67. The molecule has 4 nitrogen and oxygen atoms in total. The number of halogens is 1. The SMILES string of the molecule is O=C(Cn1c(C2CCCCC2)nc2ccccc21)NCc1ccc(F)cc1. The Morgan fingerprint density at radius 1 is 1.07 bits per heavy atom. The zero-order valence-corrected chi connectivity index (χ0v) is 15.3. The van der Waals surface area contributed by atoms with Crippen LogP contribution < -0.4 is 5.32 Å². The zero-order valence-electron chi connectivity index (χ0n) is 15.3. The van der Waals surface area contributed by atoms with E-state index in [4.69, 9.17) is 4.98 Å². The summed E-state index contributed by atoms with van der Waals surface area (Å²) in [6, 6.07) is 14.2. The van der Waals surface area contributed by atoms with Crippen molar-refractivity contribution in [3.05, 3.63) is 65.7 Å². The summed E-state index contributed by atoms with van der Waals surface area (Å²) in [7, 11) is 0. The third kappa shape index (κ3) is 4.02. The van der Waals surface area contributed by atoms with Gasteiger partial charge in [0.1, 0.15) is 18.2 Å². The van der Waals surface area contributed by atoms with E-state index in [2.05, 4.69) is 9.88 Å². The summed E-state index contributed by atoms with van der Waals surface area (Å²) in [5.41, 5.74) is 2.84. The summed E-state index contributed by atoms with van der Waals surface area (Å²) in [5, 5.41) is 2.94. The van der Waals surface area contributed by atoms with E-state index < -0.39 is 0 Å². The Morgan fingerprint density at radius 2 is 1.81 bits per heavy atom. The number of aromatic nitrogens is 2. The molecule has 0 bridgehead atoms. The number of carbonyl (C=O) groups excluding carboxylic acids is 1. The van der Waals surface area contributed by atoms with Crippen molar-refractivity contribution in [1.29, 1.82) is 0 Å². The fourth-order valence-electron chi connectivity index (χ4n) is 3.94. The summed E-state index contributed by atoms with van der Waals surface area (Å²) in [6.45, 7) is 0.651. The van der Waals surface area contributed by atoms with Gasteiger partial charge in [-0.25, -0.2) is 9.37 Å². The highest BCUT2D eigenvalue weighted by molar-refractivity contribution is 5.81. The van der Waals surface area contributed by atoms with Crippen molar-refractivity contribution in [3.63, 3.8) is 0 Å². The van der Waals surface area contributed by atoms with Crippen LogP contribution in [0.2, 0.25) is 0 Å². The van der Waals surface area contributed by atoms with Gasteiger partial charge >= 0.3 is 0 Å². The van der Waals surface area contributed by atoms with Gasteiger partial charge in [-0.2, -0.15) is 0 Å². The lowest BCUT2D eigenvalue weighted by atomic mass is 9.88. The minimum absolute atomic E-state index is 0.0560. The molecule has 27 heavy (non-hydrogen) atoms.